The number of carboxylic acid groups (broad SMARTS) is 1. The molecule has 0 unspecified atom stereocenters. The van der Waals surface area contributed by atoms with E-state index in [0.717, 1.165) is 22.7 Å². The number of rotatable bonds is 5. The summed E-state index contributed by atoms with van der Waals surface area (Å²) in [5, 5.41) is 9.91. The molecule has 0 radical (unpaired) electrons. The van der Waals surface area contributed by atoms with Crippen molar-refractivity contribution in [1.82, 2.24) is 9.47 Å². The van der Waals surface area contributed by atoms with E-state index in [1.165, 1.54) is 17.0 Å². The number of hydrogen-bond acceptors (Lipinski definition) is 5. The summed E-state index contributed by atoms with van der Waals surface area (Å²) in [7, 11) is -6.17. The zero-order chi connectivity index (χ0) is 24.0. The van der Waals surface area contributed by atoms with E-state index in [2.05, 4.69) is 4.72 Å². The van der Waals surface area contributed by atoms with Crippen molar-refractivity contribution in [3.63, 3.8) is 0 Å². The highest BCUT2D eigenvalue weighted by atomic mass is 32.2. The van der Waals surface area contributed by atoms with E-state index in [0.29, 0.717) is 25.9 Å². The highest BCUT2D eigenvalue weighted by Gasteiger charge is 2.27. The molecule has 176 valence electrons. The lowest BCUT2D eigenvalue weighted by Crippen LogP contribution is -2.36. The summed E-state index contributed by atoms with van der Waals surface area (Å²) in [5.41, 5.74) is 1.46. The number of aryl methyl sites for hydroxylation is 1. The van der Waals surface area contributed by atoms with Crippen LogP contribution in [0.3, 0.4) is 0 Å². The van der Waals surface area contributed by atoms with Gasteiger partial charge in [0.05, 0.1) is 10.6 Å². The highest BCUT2D eigenvalue weighted by Crippen LogP contribution is 2.33. The molecule has 0 atom stereocenters. The largest absolute Gasteiger partial charge is 0.465 e. The number of aromatic nitrogens is 1. The van der Waals surface area contributed by atoms with Crippen LogP contribution in [0.25, 0.3) is 10.9 Å². The van der Waals surface area contributed by atoms with Gasteiger partial charge in [0.15, 0.2) is 14.9 Å². The molecule has 1 fully saturated rings. The third-order valence-corrected chi connectivity index (χ3v) is 8.64. The molecule has 0 spiro atoms. The van der Waals surface area contributed by atoms with Crippen molar-refractivity contribution in [2.75, 3.05) is 24.1 Å². The second-order valence-electron chi connectivity index (χ2n) is 8.28. The van der Waals surface area contributed by atoms with Crippen molar-refractivity contribution in [3.8, 4) is 0 Å². The van der Waals surface area contributed by atoms with Gasteiger partial charge in [0.2, 0.25) is 0 Å². The average Bonchev–Trinajstić information content (AvgIpc) is 3.11. The van der Waals surface area contributed by atoms with Gasteiger partial charge in [0.25, 0.3) is 10.0 Å². The Morgan fingerprint density at radius 3 is 2.30 bits per heavy atom. The molecule has 1 amide bonds. The van der Waals surface area contributed by atoms with Crippen LogP contribution in [-0.2, 0) is 26.9 Å². The minimum absolute atomic E-state index is 0.00932. The lowest BCUT2D eigenvalue weighted by atomic mass is 9.89. The third-order valence-electron chi connectivity index (χ3n) is 6.07. The summed E-state index contributed by atoms with van der Waals surface area (Å²) in [6, 6.07) is 13.4. The average molecular weight is 492 g/mol. The number of carbonyl (C=O) groups is 1. The Morgan fingerprint density at radius 1 is 1.03 bits per heavy atom. The zero-order valence-electron chi connectivity index (χ0n) is 18.2. The Bertz CT molecular complexity index is 1440. The molecule has 1 aromatic heterocycles. The fourth-order valence-corrected chi connectivity index (χ4v) is 6.55. The maximum Gasteiger partial charge on any atom is 0.407 e. The van der Waals surface area contributed by atoms with Gasteiger partial charge in [-0.15, -0.1) is 0 Å². The number of nitrogens with zero attached hydrogens (tertiary/aromatic N) is 2. The Labute approximate surface area is 192 Å². The molecular weight excluding hydrogens is 466 g/mol. The number of sulfone groups is 1. The number of para-hydroxylation sites is 1. The standard InChI is InChI=1S/C22H25N3O6S2/c1-24-19-6-4-3-5-17(19)14-21(24)33(30,31)23-18-8-7-16(13-20(18)32(2,28)29)15-9-11-25(12-10-15)22(26)27/h3-8,13-15,23H,9-12H2,1-2H3,(H,26,27). The lowest BCUT2D eigenvalue weighted by molar-refractivity contribution is 0.132. The van der Waals surface area contributed by atoms with Gasteiger partial charge in [-0.1, -0.05) is 24.3 Å². The first kappa shape index (κ1) is 23.1. The Hall–Kier alpha value is -3.05. The monoisotopic (exact) mass is 491 g/mol. The smallest absolute Gasteiger partial charge is 0.407 e. The molecule has 2 N–H and O–H groups in total. The van der Waals surface area contributed by atoms with Gasteiger partial charge in [0, 0.05) is 37.3 Å². The topological polar surface area (TPSA) is 126 Å². The molecular formula is C22H25N3O6S2. The third kappa shape index (κ3) is 4.55. The second-order valence-corrected chi connectivity index (χ2v) is 11.9. The first-order valence-corrected chi connectivity index (χ1v) is 13.7. The molecule has 9 nitrogen and oxygen atoms in total. The van der Waals surface area contributed by atoms with E-state index in [9.17, 15) is 21.6 Å². The molecule has 0 bridgehead atoms. The number of anilines is 1. The summed E-state index contributed by atoms with van der Waals surface area (Å²) in [6.07, 6.45) is 1.20. The number of amides is 1. The lowest BCUT2D eigenvalue weighted by Gasteiger charge is -2.30. The Morgan fingerprint density at radius 2 is 1.70 bits per heavy atom. The van der Waals surface area contributed by atoms with Gasteiger partial charge in [-0.05, 0) is 48.6 Å². The zero-order valence-corrected chi connectivity index (χ0v) is 19.9. The van der Waals surface area contributed by atoms with E-state index in [-0.39, 0.29) is 21.5 Å². The predicted octanol–water partition coefficient (Wildman–Crippen LogP) is 3.24. The van der Waals surface area contributed by atoms with E-state index >= 15 is 0 Å². The Kier molecular flexibility index (Phi) is 5.87. The number of hydrogen-bond donors (Lipinski definition) is 2. The van der Waals surface area contributed by atoms with Crippen LogP contribution in [0.4, 0.5) is 10.5 Å². The minimum Gasteiger partial charge on any atom is -0.465 e. The van der Waals surface area contributed by atoms with E-state index in [1.807, 2.05) is 12.1 Å². The molecule has 1 aliphatic heterocycles. The van der Waals surface area contributed by atoms with Crippen molar-refractivity contribution in [2.45, 2.75) is 28.7 Å². The number of fused-ring (bicyclic) bond motifs is 1. The maximum absolute atomic E-state index is 13.2. The van der Waals surface area contributed by atoms with Crippen LogP contribution in [-0.4, -0.2) is 56.8 Å². The number of piperidine rings is 1. The van der Waals surface area contributed by atoms with Crippen molar-refractivity contribution in [1.29, 1.82) is 0 Å². The highest BCUT2D eigenvalue weighted by molar-refractivity contribution is 7.93. The van der Waals surface area contributed by atoms with Crippen LogP contribution in [0.1, 0.15) is 24.3 Å². The first-order chi connectivity index (χ1) is 15.5. The van der Waals surface area contributed by atoms with E-state index < -0.39 is 26.0 Å². The SMILES string of the molecule is Cn1c(S(=O)(=O)Nc2ccc(C3CCN(C(=O)O)CC3)cc2S(C)(=O)=O)cc2ccccc21. The van der Waals surface area contributed by atoms with Crippen molar-refractivity contribution < 1.29 is 26.7 Å². The quantitative estimate of drug-likeness (QED) is 0.564. The van der Waals surface area contributed by atoms with Crippen LogP contribution in [0.5, 0.6) is 0 Å². The predicted molar refractivity (Wildman–Crippen MR) is 125 cm³/mol. The molecule has 1 saturated heterocycles. The van der Waals surface area contributed by atoms with Crippen LogP contribution in [0.15, 0.2) is 58.5 Å². The summed E-state index contributed by atoms with van der Waals surface area (Å²) in [5.74, 6) is -0.00932. The van der Waals surface area contributed by atoms with Crippen molar-refractivity contribution in [2.24, 2.45) is 7.05 Å². The Balaban J connectivity index is 1.67. The van der Waals surface area contributed by atoms with Gasteiger partial charge in [-0.3, -0.25) is 4.72 Å². The fraction of sp³-hybridized carbons (Fsp3) is 0.318. The normalized spacial score (nSPS) is 15.6. The molecule has 0 aliphatic carbocycles. The van der Waals surface area contributed by atoms with Crippen molar-refractivity contribution >= 4 is 42.5 Å². The van der Waals surface area contributed by atoms with Crippen LogP contribution < -0.4 is 4.72 Å². The summed E-state index contributed by atoms with van der Waals surface area (Å²) in [6.45, 7) is 0.729. The molecule has 2 aromatic carbocycles. The van der Waals surface area contributed by atoms with Gasteiger partial charge in [-0.2, -0.15) is 8.42 Å². The molecule has 3 aromatic rings. The summed E-state index contributed by atoms with van der Waals surface area (Å²) < 4.78 is 55.4. The van der Waals surface area contributed by atoms with Crippen molar-refractivity contribution in [3.05, 3.63) is 54.1 Å². The van der Waals surface area contributed by atoms with Gasteiger partial charge < -0.3 is 14.6 Å². The number of likely N-dealkylation sites (tertiary alicyclic amines) is 1. The summed E-state index contributed by atoms with van der Waals surface area (Å²) in [4.78, 5) is 12.4. The van der Waals surface area contributed by atoms with Gasteiger partial charge in [0.1, 0.15) is 0 Å². The number of sulfonamides is 1. The summed E-state index contributed by atoms with van der Waals surface area (Å²) >= 11 is 0. The van der Waals surface area contributed by atoms with E-state index in [1.54, 1.807) is 35.9 Å². The fourth-order valence-electron chi connectivity index (χ4n) is 4.31. The van der Waals surface area contributed by atoms with Crippen LogP contribution in [0, 0.1) is 0 Å². The number of nitrogens with one attached hydrogen (secondary N) is 1. The molecule has 0 saturated carbocycles. The molecule has 11 heteroatoms. The molecule has 2 heterocycles. The first-order valence-electron chi connectivity index (χ1n) is 10.4. The number of benzene rings is 2. The second kappa shape index (κ2) is 8.38. The van der Waals surface area contributed by atoms with Gasteiger partial charge in [-0.25, -0.2) is 13.2 Å². The molecule has 1 aliphatic rings. The molecule has 4 rings (SSSR count). The van der Waals surface area contributed by atoms with Gasteiger partial charge >= 0.3 is 6.09 Å². The minimum atomic E-state index is -4.07. The van der Waals surface area contributed by atoms with Crippen LogP contribution in [0.2, 0.25) is 0 Å². The van der Waals surface area contributed by atoms with E-state index in [4.69, 9.17) is 5.11 Å². The molecule has 33 heavy (non-hydrogen) atoms. The maximum atomic E-state index is 13.2. The van der Waals surface area contributed by atoms with Crippen LogP contribution >= 0.6 is 0 Å².